The van der Waals surface area contributed by atoms with Gasteiger partial charge in [-0.25, -0.2) is 0 Å². The molecular weight excluding hydrogens is 316 g/mol. The minimum atomic E-state index is 0.178. The van der Waals surface area contributed by atoms with Crippen LogP contribution in [0.15, 0.2) is 22.7 Å². The highest BCUT2D eigenvalue weighted by Crippen LogP contribution is 2.30. The van der Waals surface area contributed by atoms with Crippen molar-refractivity contribution in [3.8, 4) is 0 Å². The molecule has 0 saturated carbocycles. The number of benzene rings is 1. The average Bonchev–Trinajstić information content (AvgIpc) is 2.41. The molecule has 1 heterocycles. The molecule has 1 aliphatic rings. The van der Waals surface area contributed by atoms with Gasteiger partial charge in [0.05, 0.1) is 6.10 Å². The topological polar surface area (TPSA) is 38.5 Å². The zero-order valence-electron chi connectivity index (χ0n) is 12.6. The molecular formula is C16H25BrN2O. The molecule has 3 nitrogen and oxygen atoms in total. The van der Waals surface area contributed by atoms with E-state index in [0.29, 0.717) is 12.0 Å². The van der Waals surface area contributed by atoms with Gasteiger partial charge in [-0.2, -0.15) is 0 Å². The first-order valence-corrected chi connectivity index (χ1v) is 8.12. The second kappa shape index (κ2) is 6.92. The van der Waals surface area contributed by atoms with Crippen LogP contribution in [0.5, 0.6) is 0 Å². The van der Waals surface area contributed by atoms with E-state index in [4.69, 9.17) is 10.5 Å². The first kappa shape index (κ1) is 15.8. The number of piperidine rings is 1. The van der Waals surface area contributed by atoms with E-state index in [1.54, 1.807) is 0 Å². The maximum Gasteiger partial charge on any atom is 0.0772 e. The third kappa shape index (κ3) is 3.74. The third-order valence-corrected chi connectivity index (χ3v) is 4.62. The molecule has 0 radical (unpaired) electrons. The third-order valence-electron chi connectivity index (χ3n) is 4.12. The summed E-state index contributed by atoms with van der Waals surface area (Å²) in [5, 5.41) is 0. The zero-order valence-corrected chi connectivity index (χ0v) is 14.2. The van der Waals surface area contributed by atoms with Crippen LogP contribution in [0.3, 0.4) is 0 Å². The molecule has 1 fully saturated rings. The maximum absolute atomic E-state index is 5.98. The number of nitrogens with zero attached hydrogens (tertiary/aromatic N) is 1. The largest absolute Gasteiger partial charge is 0.379 e. The Labute approximate surface area is 130 Å². The highest BCUT2D eigenvalue weighted by atomic mass is 79.9. The van der Waals surface area contributed by atoms with Crippen LogP contribution in [0.4, 0.5) is 5.69 Å². The van der Waals surface area contributed by atoms with E-state index in [-0.39, 0.29) is 6.04 Å². The average molecular weight is 341 g/mol. The molecule has 112 valence electrons. The molecule has 1 aliphatic heterocycles. The van der Waals surface area contributed by atoms with Crippen LogP contribution in [0, 0.1) is 5.92 Å². The Bertz CT molecular complexity index is 450. The molecule has 1 saturated heterocycles. The van der Waals surface area contributed by atoms with Crippen LogP contribution >= 0.6 is 15.9 Å². The van der Waals surface area contributed by atoms with E-state index < -0.39 is 0 Å². The molecule has 0 aliphatic carbocycles. The Morgan fingerprint density at radius 2 is 2.25 bits per heavy atom. The zero-order chi connectivity index (χ0) is 14.7. The molecule has 0 spiro atoms. The first-order chi connectivity index (χ1) is 9.51. The van der Waals surface area contributed by atoms with E-state index in [1.807, 2.05) is 7.11 Å². The maximum atomic E-state index is 5.98. The van der Waals surface area contributed by atoms with Gasteiger partial charge in [0.15, 0.2) is 0 Å². The Morgan fingerprint density at radius 3 is 2.90 bits per heavy atom. The fraction of sp³-hybridized carbons (Fsp3) is 0.625. The van der Waals surface area contributed by atoms with Crippen molar-refractivity contribution < 1.29 is 4.74 Å². The number of methoxy groups -OCH3 is 1. The van der Waals surface area contributed by atoms with Crippen LogP contribution in [0.1, 0.15) is 25.8 Å². The molecule has 4 heteroatoms. The van der Waals surface area contributed by atoms with E-state index in [9.17, 15) is 0 Å². The number of rotatable bonds is 4. The lowest BCUT2D eigenvalue weighted by molar-refractivity contribution is 0.0498. The lowest BCUT2D eigenvalue weighted by Gasteiger charge is -2.38. The Morgan fingerprint density at radius 1 is 1.50 bits per heavy atom. The second-order valence-corrected chi connectivity index (χ2v) is 6.86. The van der Waals surface area contributed by atoms with Gasteiger partial charge in [-0.05, 0) is 43.4 Å². The standard InChI is InChI=1S/C16H25BrN2O/c1-11-6-7-19(10-16(11)20-3)15-9-14(17)5-4-13(15)8-12(2)18/h4-5,9,11-12,16H,6-8,10,18H2,1-3H3. The number of halogens is 1. The van der Waals surface area contributed by atoms with Crippen molar-refractivity contribution in [2.45, 2.75) is 38.8 Å². The van der Waals surface area contributed by atoms with E-state index in [1.165, 1.54) is 17.7 Å². The van der Waals surface area contributed by atoms with Crippen molar-refractivity contribution in [1.82, 2.24) is 0 Å². The Kier molecular flexibility index (Phi) is 5.47. The monoisotopic (exact) mass is 340 g/mol. The van der Waals surface area contributed by atoms with Gasteiger partial charge in [-0.1, -0.05) is 28.9 Å². The number of hydrogen-bond acceptors (Lipinski definition) is 3. The van der Waals surface area contributed by atoms with Crippen LogP contribution in [0.25, 0.3) is 0 Å². The van der Waals surface area contributed by atoms with Crippen molar-refractivity contribution in [1.29, 1.82) is 0 Å². The van der Waals surface area contributed by atoms with Crippen molar-refractivity contribution in [2.75, 3.05) is 25.1 Å². The highest BCUT2D eigenvalue weighted by molar-refractivity contribution is 9.10. The van der Waals surface area contributed by atoms with Crippen LogP contribution < -0.4 is 10.6 Å². The summed E-state index contributed by atoms with van der Waals surface area (Å²) in [6.07, 6.45) is 2.39. The number of anilines is 1. The minimum Gasteiger partial charge on any atom is -0.379 e. The summed E-state index contributed by atoms with van der Waals surface area (Å²) in [5.41, 5.74) is 8.60. The molecule has 0 amide bonds. The summed E-state index contributed by atoms with van der Waals surface area (Å²) < 4.78 is 6.75. The van der Waals surface area contributed by atoms with Gasteiger partial charge in [-0.3, -0.25) is 0 Å². The summed E-state index contributed by atoms with van der Waals surface area (Å²) in [6.45, 7) is 6.38. The fourth-order valence-electron chi connectivity index (χ4n) is 2.91. The summed E-state index contributed by atoms with van der Waals surface area (Å²) in [4.78, 5) is 2.44. The van der Waals surface area contributed by atoms with Crippen LogP contribution in [-0.2, 0) is 11.2 Å². The van der Waals surface area contributed by atoms with Gasteiger partial charge in [0.2, 0.25) is 0 Å². The quantitative estimate of drug-likeness (QED) is 0.914. The molecule has 2 N–H and O–H groups in total. The Balaban J connectivity index is 2.24. The highest BCUT2D eigenvalue weighted by Gasteiger charge is 2.27. The molecule has 1 aromatic rings. The predicted molar refractivity (Wildman–Crippen MR) is 88.3 cm³/mol. The molecule has 20 heavy (non-hydrogen) atoms. The van der Waals surface area contributed by atoms with Gasteiger partial charge in [0.25, 0.3) is 0 Å². The fourth-order valence-corrected chi connectivity index (χ4v) is 3.26. The smallest absolute Gasteiger partial charge is 0.0772 e. The summed E-state index contributed by atoms with van der Waals surface area (Å²) in [6, 6.07) is 6.67. The Hall–Kier alpha value is -0.580. The van der Waals surface area contributed by atoms with Crippen molar-refractivity contribution in [3.05, 3.63) is 28.2 Å². The molecule has 1 aromatic carbocycles. The van der Waals surface area contributed by atoms with Crippen molar-refractivity contribution in [2.24, 2.45) is 11.7 Å². The predicted octanol–water partition coefficient (Wildman–Crippen LogP) is 3.20. The van der Waals surface area contributed by atoms with Gasteiger partial charge in [0.1, 0.15) is 0 Å². The van der Waals surface area contributed by atoms with Crippen LogP contribution in [0.2, 0.25) is 0 Å². The summed E-state index contributed by atoms with van der Waals surface area (Å²) >= 11 is 3.58. The minimum absolute atomic E-state index is 0.178. The van der Waals surface area contributed by atoms with Crippen LogP contribution in [-0.4, -0.2) is 32.3 Å². The van der Waals surface area contributed by atoms with Gasteiger partial charge in [-0.15, -0.1) is 0 Å². The number of ether oxygens (including phenoxy) is 1. The molecule has 3 unspecified atom stereocenters. The van der Waals surface area contributed by atoms with Gasteiger partial charge >= 0.3 is 0 Å². The molecule has 2 rings (SSSR count). The van der Waals surface area contributed by atoms with E-state index in [0.717, 1.165) is 24.0 Å². The lowest BCUT2D eigenvalue weighted by atomic mass is 9.94. The van der Waals surface area contributed by atoms with E-state index >= 15 is 0 Å². The summed E-state index contributed by atoms with van der Waals surface area (Å²) in [5.74, 6) is 0.625. The van der Waals surface area contributed by atoms with E-state index in [2.05, 4.69) is 52.9 Å². The van der Waals surface area contributed by atoms with Crippen molar-refractivity contribution in [3.63, 3.8) is 0 Å². The number of nitrogens with two attached hydrogens (primary N) is 1. The molecule has 0 bridgehead atoms. The SMILES string of the molecule is COC1CN(c2cc(Br)ccc2CC(C)N)CCC1C. The van der Waals surface area contributed by atoms with Crippen molar-refractivity contribution >= 4 is 21.6 Å². The normalized spacial score (nSPS) is 24.8. The number of hydrogen-bond donors (Lipinski definition) is 1. The molecule has 3 atom stereocenters. The van der Waals surface area contributed by atoms with Gasteiger partial charge < -0.3 is 15.4 Å². The summed E-state index contributed by atoms with van der Waals surface area (Å²) in [7, 11) is 1.81. The second-order valence-electron chi connectivity index (χ2n) is 5.94. The molecule has 0 aromatic heterocycles. The first-order valence-electron chi connectivity index (χ1n) is 7.33. The lowest BCUT2D eigenvalue weighted by Crippen LogP contribution is -2.44. The van der Waals surface area contributed by atoms with Gasteiger partial charge in [0, 0.05) is 36.4 Å².